The van der Waals surface area contributed by atoms with Crippen LogP contribution in [0.15, 0.2) is 134 Å². The predicted octanol–water partition coefficient (Wildman–Crippen LogP) is 11.9. The van der Waals surface area contributed by atoms with Gasteiger partial charge in [0, 0.05) is 56.7 Å². The molecule has 58 heavy (non-hydrogen) atoms. The second-order valence-electron chi connectivity index (χ2n) is 15.8. The highest BCUT2D eigenvalue weighted by Gasteiger charge is 2.36. The van der Waals surface area contributed by atoms with E-state index in [1.807, 2.05) is 48.5 Å². The Hall–Kier alpha value is -6.25. The Bertz CT molecular complexity index is 3140. The van der Waals surface area contributed by atoms with Gasteiger partial charge in [-0.15, -0.1) is 11.8 Å². The first-order valence-corrected chi connectivity index (χ1v) is 20.8. The molecule has 5 aromatic carbocycles. The molecule has 0 bridgehead atoms. The van der Waals surface area contributed by atoms with Crippen LogP contribution < -0.4 is 16.2 Å². The lowest BCUT2D eigenvalue weighted by Crippen LogP contribution is -2.21. The second kappa shape index (κ2) is 13.7. The summed E-state index contributed by atoms with van der Waals surface area (Å²) >= 11 is 1.74. The smallest absolute Gasteiger partial charge is 0.345 e. The van der Waals surface area contributed by atoms with Crippen molar-refractivity contribution in [1.82, 2.24) is 9.97 Å². The Kier molecular flexibility index (Phi) is 8.53. The fourth-order valence-electron chi connectivity index (χ4n) is 9.03. The minimum absolute atomic E-state index is 0.0240. The first-order valence-electron chi connectivity index (χ1n) is 19.9. The van der Waals surface area contributed by atoms with E-state index in [9.17, 15) is 9.59 Å². The molecule has 8 aromatic rings. The Morgan fingerprint density at radius 1 is 0.707 bits per heavy atom. The van der Waals surface area contributed by atoms with Crippen LogP contribution in [0.2, 0.25) is 0 Å². The van der Waals surface area contributed by atoms with Crippen molar-refractivity contribution in [2.45, 2.75) is 51.7 Å². The van der Waals surface area contributed by atoms with Gasteiger partial charge in [-0.25, -0.2) is 9.59 Å². The maximum Gasteiger partial charge on any atom is 0.345 e. The molecule has 0 amide bonds. The van der Waals surface area contributed by atoms with E-state index in [0.717, 1.165) is 74.7 Å². The van der Waals surface area contributed by atoms with Gasteiger partial charge in [0.25, 0.3) is 0 Å². The lowest BCUT2D eigenvalue weighted by molar-refractivity contribution is 0.547. The lowest BCUT2D eigenvalue weighted by Gasteiger charge is -2.22. The van der Waals surface area contributed by atoms with Crippen molar-refractivity contribution in [1.29, 1.82) is 0 Å². The summed E-state index contributed by atoms with van der Waals surface area (Å²) in [4.78, 5) is 39.6. The number of aryl methyl sites for hydroxylation is 1. The molecule has 0 N–H and O–H groups in total. The Morgan fingerprint density at radius 3 is 2.10 bits per heavy atom. The first-order chi connectivity index (χ1) is 28.1. The summed E-state index contributed by atoms with van der Waals surface area (Å²) in [5.74, 6) is 0. The average molecular weight is 780 g/mol. The van der Waals surface area contributed by atoms with Crippen LogP contribution in [-0.4, -0.2) is 23.1 Å². The van der Waals surface area contributed by atoms with Crippen LogP contribution in [-0.2, 0) is 5.41 Å². The maximum absolute atomic E-state index is 13.6. The van der Waals surface area contributed by atoms with Crippen LogP contribution >= 0.6 is 11.8 Å². The van der Waals surface area contributed by atoms with Gasteiger partial charge in [-0.3, -0.25) is 9.97 Å². The second-order valence-corrected chi connectivity index (χ2v) is 17.1. The van der Waals surface area contributed by atoms with Gasteiger partial charge in [0.1, 0.15) is 11.2 Å². The van der Waals surface area contributed by atoms with Crippen molar-refractivity contribution >= 4 is 55.1 Å². The topological polar surface area (TPSA) is 89.4 Å². The van der Waals surface area contributed by atoms with Crippen LogP contribution in [0.5, 0.6) is 0 Å². The summed E-state index contributed by atoms with van der Waals surface area (Å²) < 4.78 is 11.7. The average Bonchev–Trinajstić information content (AvgIpc) is 3.80. The highest BCUT2D eigenvalue weighted by Crippen LogP contribution is 2.53. The third kappa shape index (κ3) is 5.80. The molecule has 7 nitrogen and oxygen atoms in total. The van der Waals surface area contributed by atoms with E-state index >= 15 is 0 Å². The fourth-order valence-corrected chi connectivity index (χ4v) is 10.4. The molecule has 0 spiro atoms. The summed E-state index contributed by atoms with van der Waals surface area (Å²) in [5.41, 5.74) is 11.6. The molecule has 1 unspecified atom stereocenters. The zero-order chi connectivity index (χ0) is 39.9. The summed E-state index contributed by atoms with van der Waals surface area (Å²) in [5, 5.41) is 3.88. The van der Waals surface area contributed by atoms with E-state index in [1.54, 1.807) is 24.2 Å². The molecule has 1 aliphatic heterocycles. The van der Waals surface area contributed by atoms with Crippen molar-refractivity contribution < 1.29 is 8.83 Å². The van der Waals surface area contributed by atoms with Crippen molar-refractivity contribution in [2.24, 2.45) is 0 Å². The van der Waals surface area contributed by atoms with Gasteiger partial charge in [0.15, 0.2) is 0 Å². The van der Waals surface area contributed by atoms with E-state index in [2.05, 4.69) is 94.1 Å². The van der Waals surface area contributed by atoms with Crippen molar-refractivity contribution in [3.8, 4) is 33.6 Å². The van der Waals surface area contributed by atoms with Crippen LogP contribution in [0.1, 0.15) is 67.2 Å². The third-order valence-electron chi connectivity index (χ3n) is 12.2. The lowest BCUT2D eigenvalue weighted by atomic mass is 9.82. The zero-order valence-electron chi connectivity index (χ0n) is 33.1. The van der Waals surface area contributed by atoms with Crippen LogP contribution in [0, 0.1) is 6.92 Å². The van der Waals surface area contributed by atoms with Crippen LogP contribution in [0.4, 0.5) is 5.69 Å². The van der Waals surface area contributed by atoms with Gasteiger partial charge in [0.05, 0.1) is 34.9 Å². The number of hydrogen-bond acceptors (Lipinski definition) is 8. The molecule has 10 rings (SSSR count). The highest BCUT2D eigenvalue weighted by atomic mass is 32.2. The number of allylic oxidation sites excluding steroid dienone is 1. The number of fused-ring (bicyclic) bond motifs is 6. The number of rotatable bonds is 7. The van der Waals surface area contributed by atoms with Crippen molar-refractivity contribution in [3.63, 3.8) is 0 Å². The van der Waals surface area contributed by atoms with Gasteiger partial charge >= 0.3 is 11.3 Å². The number of thioether (sulfide) groups is 1. The van der Waals surface area contributed by atoms with E-state index < -0.39 is 5.63 Å². The molecular weight excluding hydrogens is 739 g/mol. The standard InChI is InChI=1S/C50H41N3O4S/c1-6-53(7-2)34-14-15-35-28(3)47(49(55)57-44(35)25-34)46-19-18-45(58-46)32-13-17-40-37(22-32)36-21-31(12-16-39(36)50(40,4)5)41-26-52-42(27-51-41)38-23-33-20-29-10-8-9-11-30(29)24-43(33)56-48(38)54/h8-18,20-27,46H,6-7,19H2,1-5H3. The maximum atomic E-state index is 13.6. The molecule has 3 aromatic heterocycles. The predicted molar refractivity (Wildman–Crippen MR) is 238 cm³/mol. The van der Waals surface area contributed by atoms with Gasteiger partial charge in [-0.05, 0) is 114 Å². The Labute approximate surface area is 340 Å². The third-order valence-corrected chi connectivity index (χ3v) is 13.6. The largest absolute Gasteiger partial charge is 0.422 e. The fraction of sp³-hybridized carbons (Fsp3) is 0.200. The number of nitrogens with zero attached hydrogens (tertiary/aromatic N) is 3. The van der Waals surface area contributed by atoms with E-state index in [-0.39, 0.29) is 16.3 Å². The zero-order valence-corrected chi connectivity index (χ0v) is 33.9. The molecule has 4 heterocycles. The molecule has 2 aliphatic rings. The number of anilines is 1. The van der Waals surface area contributed by atoms with Crippen molar-refractivity contribution in [2.75, 3.05) is 18.0 Å². The molecule has 0 saturated heterocycles. The normalized spacial score (nSPS) is 15.5. The van der Waals surface area contributed by atoms with Gasteiger partial charge < -0.3 is 13.7 Å². The summed E-state index contributed by atoms with van der Waals surface area (Å²) in [6.07, 6.45) is 6.40. The molecule has 1 atom stereocenters. The minimum Gasteiger partial charge on any atom is -0.422 e. The molecular formula is C50H41N3O4S. The quantitative estimate of drug-likeness (QED) is 0.117. The highest BCUT2D eigenvalue weighted by molar-refractivity contribution is 8.08. The van der Waals surface area contributed by atoms with E-state index in [4.69, 9.17) is 18.8 Å². The SMILES string of the molecule is CCN(CC)c1ccc2c(C)c(C3CC=C(c4ccc5c(c4)-c4cc(-c6cnc(-c7cc8cc9ccccc9cc8oc7=O)cn6)ccc4C5(C)C)S3)c(=O)oc2c1. The Balaban J connectivity index is 0.937. The number of aromatic nitrogens is 2. The monoisotopic (exact) mass is 779 g/mol. The molecule has 286 valence electrons. The van der Waals surface area contributed by atoms with Crippen molar-refractivity contribution in [3.05, 3.63) is 164 Å². The Morgan fingerprint density at radius 2 is 1.38 bits per heavy atom. The molecule has 8 heteroatoms. The van der Waals surface area contributed by atoms with Gasteiger partial charge in [0.2, 0.25) is 0 Å². The van der Waals surface area contributed by atoms with Gasteiger partial charge in [-0.1, -0.05) is 68.5 Å². The van der Waals surface area contributed by atoms with Crippen LogP contribution in [0.3, 0.4) is 0 Å². The first kappa shape index (κ1) is 36.1. The molecule has 1 aliphatic carbocycles. The molecule has 0 saturated carbocycles. The number of hydrogen-bond donors (Lipinski definition) is 0. The molecule has 0 radical (unpaired) electrons. The van der Waals surface area contributed by atoms with Gasteiger partial charge in [-0.2, -0.15) is 0 Å². The number of benzene rings is 5. The summed E-state index contributed by atoms with van der Waals surface area (Å²) in [7, 11) is 0. The van der Waals surface area contributed by atoms with E-state index in [1.165, 1.54) is 27.2 Å². The summed E-state index contributed by atoms with van der Waals surface area (Å²) in [6.45, 7) is 12.6. The minimum atomic E-state index is -0.445. The van der Waals surface area contributed by atoms with E-state index in [0.29, 0.717) is 22.4 Å². The summed E-state index contributed by atoms with van der Waals surface area (Å²) in [6, 6.07) is 33.3. The molecule has 0 fully saturated rings. The van der Waals surface area contributed by atoms with Crippen LogP contribution in [0.25, 0.3) is 71.3 Å².